The zero-order chi connectivity index (χ0) is 16.7. The van der Waals surface area contributed by atoms with Crippen LogP contribution in [0.3, 0.4) is 0 Å². The van der Waals surface area contributed by atoms with Crippen LogP contribution in [-0.4, -0.2) is 28.6 Å². The van der Waals surface area contributed by atoms with Crippen molar-refractivity contribution in [3.8, 4) is 0 Å². The number of thiophene rings is 2. The predicted molar refractivity (Wildman–Crippen MR) is 97.2 cm³/mol. The van der Waals surface area contributed by atoms with Crippen LogP contribution >= 0.6 is 22.7 Å². The summed E-state index contributed by atoms with van der Waals surface area (Å²) in [5, 5.41) is 0. The fourth-order valence-electron chi connectivity index (χ4n) is 1.69. The molecule has 120 valence electrons. The molecular weight excluding hydrogens is 352 g/mol. The van der Waals surface area contributed by atoms with Gasteiger partial charge in [-0.1, -0.05) is 0 Å². The van der Waals surface area contributed by atoms with Gasteiger partial charge in [-0.25, -0.2) is 9.59 Å². The smallest absolute Gasteiger partial charge is 0.335 e. The molecule has 0 amide bonds. The van der Waals surface area contributed by atoms with Gasteiger partial charge >= 0.3 is 11.9 Å². The van der Waals surface area contributed by atoms with Gasteiger partial charge < -0.3 is 8.85 Å². The van der Waals surface area contributed by atoms with Crippen LogP contribution in [0.15, 0.2) is 12.1 Å². The normalized spacial score (nSPS) is 12.5. The van der Waals surface area contributed by atoms with Gasteiger partial charge in [-0.05, 0) is 51.4 Å². The molecule has 2 aromatic rings. The van der Waals surface area contributed by atoms with E-state index in [-0.39, 0.29) is 11.9 Å². The van der Waals surface area contributed by atoms with Gasteiger partial charge in [-0.2, -0.15) is 0 Å². The van der Waals surface area contributed by atoms with Gasteiger partial charge in [0.2, 0.25) is 16.6 Å². The number of fused-ring (bicyclic) bond motifs is 1. The van der Waals surface area contributed by atoms with E-state index in [0.29, 0.717) is 9.75 Å². The molecule has 0 bridgehead atoms. The van der Waals surface area contributed by atoms with Crippen LogP contribution in [0.1, 0.15) is 19.3 Å². The fraction of sp³-hybridized carbons (Fsp3) is 0.429. The summed E-state index contributed by atoms with van der Waals surface area (Å²) >= 11 is 2.73. The van der Waals surface area contributed by atoms with Crippen molar-refractivity contribution in [1.82, 2.24) is 0 Å². The van der Waals surface area contributed by atoms with E-state index >= 15 is 0 Å². The van der Waals surface area contributed by atoms with Gasteiger partial charge in [-0.15, -0.1) is 22.7 Å². The van der Waals surface area contributed by atoms with E-state index in [2.05, 4.69) is 0 Å². The lowest BCUT2D eigenvalue weighted by Gasteiger charge is -2.16. The molecule has 0 N–H and O–H groups in total. The van der Waals surface area contributed by atoms with Gasteiger partial charge in [0.15, 0.2) is 0 Å². The first-order chi connectivity index (χ1) is 9.94. The third-order valence-corrected chi connectivity index (χ3v) is 6.26. The average molecular weight is 373 g/mol. The number of hydrogen-bond donors (Lipinski definition) is 0. The van der Waals surface area contributed by atoms with Crippen molar-refractivity contribution in [3.05, 3.63) is 21.9 Å². The Morgan fingerprint density at radius 2 is 1.09 bits per heavy atom. The van der Waals surface area contributed by atoms with Crippen LogP contribution in [0.2, 0.25) is 39.3 Å². The van der Waals surface area contributed by atoms with Crippen molar-refractivity contribution < 1.29 is 18.4 Å². The van der Waals surface area contributed by atoms with Crippen LogP contribution in [-0.2, 0) is 8.85 Å². The second kappa shape index (κ2) is 5.91. The number of carbonyl (C=O) groups excluding carboxylic acids is 2. The minimum absolute atomic E-state index is 0.265. The molecule has 0 unspecified atom stereocenters. The quantitative estimate of drug-likeness (QED) is 0.713. The Kier molecular flexibility index (Phi) is 4.67. The highest BCUT2D eigenvalue weighted by Gasteiger charge is 2.25. The molecule has 2 aromatic heterocycles. The molecule has 22 heavy (non-hydrogen) atoms. The Morgan fingerprint density at radius 1 is 0.773 bits per heavy atom. The highest BCUT2D eigenvalue weighted by Crippen LogP contribution is 2.34. The molecule has 0 aliphatic heterocycles. The van der Waals surface area contributed by atoms with Crippen molar-refractivity contribution in [1.29, 1.82) is 0 Å². The molecule has 2 rings (SSSR count). The molecular formula is C14H20O4S2Si2. The van der Waals surface area contributed by atoms with Crippen molar-refractivity contribution in [2.75, 3.05) is 0 Å². The second-order valence-electron chi connectivity index (χ2n) is 6.95. The molecule has 0 saturated carbocycles. The second-order valence-corrected chi connectivity index (χ2v) is 18.0. The van der Waals surface area contributed by atoms with Gasteiger partial charge in [0, 0.05) is 9.40 Å². The molecule has 2 heterocycles. The fourth-order valence-corrected chi connectivity index (χ4v) is 5.32. The Balaban J connectivity index is 2.20. The van der Waals surface area contributed by atoms with E-state index in [1.165, 1.54) is 22.7 Å². The Bertz CT molecular complexity index is 630. The van der Waals surface area contributed by atoms with Gasteiger partial charge in [0.05, 0.1) is 0 Å². The third kappa shape index (κ3) is 4.51. The van der Waals surface area contributed by atoms with E-state index in [9.17, 15) is 9.59 Å². The van der Waals surface area contributed by atoms with Gasteiger partial charge in [0.25, 0.3) is 0 Å². The monoisotopic (exact) mass is 372 g/mol. The van der Waals surface area contributed by atoms with Crippen LogP contribution in [0, 0.1) is 0 Å². The van der Waals surface area contributed by atoms with E-state index in [1.54, 1.807) is 12.1 Å². The van der Waals surface area contributed by atoms with E-state index in [4.69, 9.17) is 8.85 Å². The molecule has 0 aliphatic rings. The summed E-state index contributed by atoms with van der Waals surface area (Å²) in [6, 6.07) is 3.61. The maximum Gasteiger partial charge on any atom is 0.335 e. The number of rotatable bonds is 4. The molecule has 0 aliphatic carbocycles. The third-order valence-electron chi connectivity index (χ3n) is 2.41. The topological polar surface area (TPSA) is 52.6 Å². The highest BCUT2D eigenvalue weighted by molar-refractivity contribution is 7.29. The van der Waals surface area contributed by atoms with Gasteiger partial charge in [0.1, 0.15) is 9.75 Å². The summed E-state index contributed by atoms with van der Waals surface area (Å²) in [6.07, 6.45) is 0. The van der Waals surface area contributed by atoms with Crippen molar-refractivity contribution >= 4 is 60.6 Å². The maximum atomic E-state index is 12.1. The summed E-state index contributed by atoms with van der Waals surface area (Å²) in [5.74, 6) is -0.530. The van der Waals surface area contributed by atoms with Gasteiger partial charge in [-0.3, -0.25) is 0 Å². The average Bonchev–Trinajstić information content (AvgIpc) is 2.80. The molecule has 0 saturated heterocycles. The lowest BCUT2D eigenvalue weighted by atomic mass is 10.4. The lowest BCUT2D eigenvalue weighted by Crippen LogP contribution is -2.28. The predicted octanol–water partition coefficient (Wildman–Crippen LogP) is 4.95. The summed E-state index contributed by atoms with van der Waals surface area (Å²) < 4.78 is 12.8. The summed E-state index contributed by atoms with van der Waals surface area (Å²) in [4.78, 5) is 25.3. The highest BCUT2D eigenvalue weighted by atomic mass is 32.1. The SMILES string of the molecule is C[Si](C)(C)OC(=O)c1cc2sc(C(=O)O[Si](C)(C)C)cc2s1. The lowest BCUT2D eigenvalue weighted by molar-refractivity contribution is 0.0719. The Labute approximate surface area is 140 Å². The van der Waals surface area contributed by atoms with Crippen molar-refractivity contribution in [2.45, 2.75) is 39.3 Å². The molecule has 0 aromatic carbocycles. The van der Waals surface area contributed by atoms with E-state index in [1.807, 2.05) is 39.3 Å². The van der Waals surface area contributed by atoms with E-state index in [0.717, 1.165) is 9.40 Å². The molecule has 4 nitrogen and oxygen atoms in total. The molecule has 8 heteroatoms. The number of hydrogen-bond acceptors (Lipinski definition) is 6. The molecule has 0 atom stereocenters. The Hall–Kier alpha value is -0.966. The van der Waals surface area contributed by atoms with Crippen LogP contribution in [0.25, 0.3) is 9.40 Å². The minimum atomic E-state index is -1.90. The first-order valence-electron chi connectivity index (χ1n) is 6.95. The molecule has 0 spiro atoms. The molecule has 0 fully saturated rings. The summed E-state index contributed by atoms with van der Waals surface area (Å²) in [7, 11) is -3.79. The zero-order valence-corrected chi connectivity index (χ0v) is 17.2. The van der Waals surface area contributed by atoms with Crippen LogP contribution in [0.4, 0.5) is 0 Å². The summed E-state index contributed by atoms with van der Waals surface area (Å²) in [5.41, 5.74) is 0. The van der Waals surface area contributed by atoms with Crippen LogP contribution < -0.4 is 0 Å². The number of carbonyl (C=O) groups is 2. The van der Waals surface area contributed by atoms with Crippen molar-refractivity contribution in [2.24, 2.45) is 0 Å². The molecule has 0 radical (unpaired) electrons. The Morgan fingerprint density at radius 3 is 1.36 bits per heavy atom. The minimum Gasteiger partial charge on any atom is -0.516 e. The van der Waals surface area contributed by atoms with Crippen LogP contribution in [0.5, 0.6) is 0 Å². The van der Waals surface area contributed by atoms with E-state index < -0.39 is 16.6 Å². The zero-order valence-electron chi connectivity index (χ0n) is 13.6. The van der Waals surface area contributed by atoms with Crippen molar-refractivity contribution in [3.63, 3.8) is 0 Å². The maximum absolute atomic E-state index is 12.1. The first-order valence-corrected chi connectivity index (χ1v) is 15.4. The summed E-state index contributed by atoms with van der Waals surface area (Å²) in [6.45, 7) is 11.9. The first kappa shape index (κ1) is 17.4. The standard InChI is InChI=1S/C14H20O4S2Si2/c1-21(2,3)17-13(15)11-7-9-10(19-11)8-12(20-9)14(16)18-22(4,5)6/h7-8H,1-6H3. The largest absolute Gasteiger partial charge is 0.516 e.